The Labute approximate surface area is 128 Å². The summed E-state index contributed by atoms with van der Waals surface area (Å²) in [6.07, 6.45) is 7.80. The predicted molar refractivity (Wildman–Crippen MR) is 83.4 cm³/mol. The van der Waals surface area contributed by atoms with E-state index in [0.29, 0.717) is 12.8 Å². The molecule has 5 nitrogen and oxygen atoms in total. The number of aromatic nitrogens is 2. The zero-order valence-corrected chi connectivity index (χ0v) is 12.7. The van der Waals surface area contributed by atoms with Gasteiger partial charge in [-0.3, -0.25) is 9.36 Å². The van der Waals surface area contributed by atoms with E-state index in [1.807, 2.05) is 24.3 Å². The lowest BCUT2D eigenvalue weighted by atomic mass is 9.69. The summed E-state index contributed by atoms with van der Waals surface area (Å²) < 4.78 is 3.06. The first-order valence-corrected chi connectivity index (χ1v) is 7.63. The highest BCUT2D eigenvalue weighted by molar-refractivity contribution is 5.81. The summed E-state index contributed by atoms with van der Waals surface area (Å²) in [6, 6.07) is 7.37. The van der Waals surface area contributed by atoms with Gasteiger partial charge in [-0.1, -0.05) is 31.4 Å². The van der Waals surface area contributed by atoms with Crippen LogP contribution in [-0.4, -0.2) is 20.2 Å². The van der Waals surface area contributed by atoms with Crippen molar-refractivity contribution in [1.82, 2.24) is 9.13 Å². The summed E-state index contributed by atoms with van der Waals surface area (Å²) in [7, 11) is 1.70. The average Bonchev–Trinajstić information content (AvgIpc) is 2.88. The van der Waals surface area contributed by atoms with Gasteiger partial charge in [0.05, 0.1) is 11.1 Å². The Balaban J connectivity index is 1.98. The smallest absolute Gasteiger partial charge is 0.332 e. The van der Waals surface area contributed by atoms with Gasteiger partial charge >= 0.3 is 11.7 Å². The van der Waals surface area contributed by atoms with E-state index in [4.69, 9.17) is 0 Å². The quantitative estimate of drug-likeness (QED) is 0.947. The van der Waals surface area contributed by atoms with Gasteiger partial charge in [0.1, 0.15) is 0 Å². The van der Waals surface area contributed by atoms with E-state index in [2.05, 4.69) is 0 Å². The second-order valence-electron chi connectivity index (χ2n) is 6.06. The molecule has 1 aromatic carbocycles. The van der Waals surface area contributed by atoms with Crippen molar-refractivity contribution in [2.75, 3.05) is 0 Å². The molecule has 0 atom stereocenters. The SMILES string of the molecule is Cn1ccn(-c2ccc(C3(C(=O)O)CCCCC3)cc2)c1=O. The molecule has 3 rings (SSSR count). The van der Waals surface area contributed by atoms with Crippen LogP contribution in [0.4, 0.5) is 0 Å². The summed E-state index contributed by atoms with van der Waals surface area (Å²) >= 11 is 0. The number of nitrogens with zero attached hydrogens (tertiary/aromatic N) is 2. The van der Waals surface area contributed by atoms with Crippen LogP contribution in [0, 0.1) is 0 Å². The maximum Gasteiger partial charge on any atom is 0.332 e. The van der Waals surface area contributed by atoms with Crippen molar-refractivity contribution in [2.24, 2.45) is 7.05 Å². The number of carbonyl (C=O) groups is 1. The van der Waals surface area contributed by atoms with Crippen LogP contribution in [0.3, 0.4) is 0 Å². The van der Waals surface area contributed by atoms with E-state index in [0.717, 1.165) is 30.5 Å². The van der Waals surface area contributed by atoms with Crippen LogP contribution in [0.2, 0.25) is 0 Å². The van der Waals surface area contributed by atoms with Gasteiger partial charge in [-0.05, 0) is 30.5 Å². The van der Waals surface area contributed by atoms with Crippen molar-refractivity contribution < 1.29 is 9.90 Å². The molecule has 2 aromatic rings. The van der Waals surface area contributed by atoms with Crippen LogP contribution in [0.15, 0.2) is 41.5 Å². The zero-order valence-electron chi connectivity index (χ0n) is 12.7. The second kappa shape index (κ2) is 5.48. The van der Waals surface area contributed by atoms with Gasteiger partial charge in [0.2, 0.25) is 0 Å². The fraction of sp³-hybridized carbons (Fsp3) is 0.412. The highest BCUT2D eigenvalue weighted by Crippen LogP contribution is 2.39. The highest BCUT2D eigenvalue weighted by atomic mass is 16.4. The fourth-order valence-corrected chi connectivity index (χ4v) is 3.38. The number of carboxylic acid groups (broad SMARTS) is 1. The summed E-state index contributed by atoms with van der Waals surface area (Å²) in [6.45, 7) is 0. The normalized spacial score (nSPS) is 17.3. The molecule has 1 aliphatic rings. The highest BCUT2D eigenvalue weighted by Gasteiger charge is 2.41. The van der Waals surface area contributed by atoms with E-state index in [-0.39, 0.29) is 5.69 Å². The van der Waals surface area contributed by atoms with E-state index in [1.54, 1.807) is 24.0 Å². The number of aryl methyl sites for hydroxylation is 1. The van der Waals surface area contributed by atoms with Crippen LogP contribution in [-0.2, 0) is 17.3 Å². The minimum absolute atomic E-state index is 0.113. The van der Waals surface area contributed by atoms with Gasteiger partial charge < -0.3 is 9.67 Å². The van der Waals surface area contributed by atoms with Gasteiger partial charge in [-0.25, -0.2) is 4.79 Å². The molecule has 116 valence electrons. The third-order valence-electron chi connectivity index (χ3n) is 4.76. The van der Waals surface area contributed by atoms with Gasteiger partial charge in [-0.2, -0.15) is 0 Å². The molecular weight excluding hydrogens is 280 g/mol. The van der Waals surface area contributed by atoms with Gasteiger partial charge in [0, 0.05) is 19.4 Å². The van der Waals surface area contributed by atoms with Crippen molar-refractivity contribution in [1.29, 1.82) is 0 Å². The van der Waals surface area contributed by atoms with Gasteiger partial charge in [0.15, 0.2) is 0 Å². The Morgan fingerprint density at radius 3 is 2.23 bits per heavy atom. The molecule has 5 heteroatoms. The van der Waals surface area contributed by atoms with E-state index < -0.39 is 11.4 Å². The number of benzene rings is 1. The molecule has 1 fully saturated rings. The molecule has 1 saturated carbocycles. The minimum Gasteiger partial charge on any atom is -0.481 e. The van der Waals surface area contributed by atoms with Crippen molar-refractivity contribution in [2.45, 2.75) is 37.5 Å². The molecule has 1 aromatic heterocycles. The lowest BCUT2D eigenvalue weighted by molar-refractivity contribution is -0.145. The van der Waals surface area contributed by atoms with Crippen LogP contribution >= 0.6 is 0 Å². The molecule has 0 amide bonds. The van der Waals surface area contributed by atoms with Gasteiger partial charge in [0.25, 0.3) is 0 Å². The molecule has 1 aliphatic carbocycles. The third kappa shape index (κ3) is 2.26. The summed E-state index contributed by atoms with van der Waals surface area (Å²) in [5.74, 6) is -0.739. The molecule has 0 unspecified atom stereocenters. The van der Waals surface area contributed by atoms with E-state index >= 15 is 0 Å². The first-order chi connectivity index (χ1) is 10.5. The number of carboxylic acids is 1. The van der Waals surface area contributed by atoms with Crippen LogP contribution in [0.25, 0.3) is 5.69 Å². The molecule has 22 heavy (non-hydrogen) atoms. The van der Waals surface area contributed by atoms with Crippen molar-refractivity contribution in [3.63, 3.8) is 0 Å². The Bertz CT molecular complexity index is 734. The molecular formula is C17H20N2O3. The van der Waals surface area contributed by atoms with Crippen LogP contribution in [0.1, 0.15) is 37.7 Å². The molecule has 0 spiro atoms. The lowest BCUT2D eigenvalue weighted by Gasteiger charge is -2.33. The predicted octanol–water partition coefficient (Wildman–Crippen LogP) is 2.46. The van der Waals surface area contributed by atoms with Crippen molar-refractivity contribution in [3.05, 3.63) is 52.7 Å². The van der Waals surface area contributed by atoms with Gasteiger partial charge in [-0.15, -0.1) is 0 Å². The number of imidazole rings is 1. The first kappa shape index (κ1) is 14.6. The molecule has 1 N–H and O–H groups in total. The van der Waals surface area contributed by atoms with Crippen LogP contribution < -0.4 is 5.69 Å². The number of hydrogen-bond acceptors (Lipinski definition) is 2. The number of aliphatic carboxylic acids is 1. The fourth-order valence-electron chi connectivity index (χ4n) is 3.38. The summed E-state index contributed by atoms with van der Waals surface area (Å²) in [5, 5.41) is 9.72. The summed E-state index contributed by atoms with van der Waals surface area (Å²) in [5.41, 5.74) is 0.717. The summed E-state index contributed by atoms with van der Waals surface area (Å²) in [4.78, 5) is 23.8. The topological polar surface area (TPSA) is 64.2 Å². The Morgan fingerprint density at radius 2 is 1.73 bits per heavy atom. The third-order valence-corrected chi connectivity index (χ3v) is 4.76. The first-order valence-electron chi connectivity index (χ1n) is 7.63. The standard InChI is InChI=1S/C17H20N2O3/c1-18-11-12-19(16(18)22)14-7-5-13(6-8-14)17(15(20)21)9-3-2-4-10-17/h5-8,11-12H,2-4,9-10H2,1H3,(H,20,21). The number of hydrogen-bond donors (Lipinski definition) is 1. The Hall–Kier alpha value is -2.30. The number of rotatable bonds is 3. The Morgan fingerprint density at radius 1 is 1.09 bits per heavy atom. The maximum absolute atomic E-state index is 12.0. The molecule has 0 saturated heterocycles. The van der Waals surface area contributed by atoms with E-state index in [1.165, 1.54) is 4.57 Å². The Kier molecular flexibility index (Phi) is 3.64. The molecule has 0 radical (unpaired) electrons. The zero-order chi connectivity index (χ0) is 15.7. The van der Waals surface area contributed by atoms with Crippen LogP contribution in [0.5, 0.6) is 0 Å². The minimum atomic E-state index is -0.765. The molecule has 1 heterocycles. The van der Waals surface area contributed by atoms with E-state index in [9.17, 15) is 14.7 Å². The van der Waals surface area contributed by atoms with Crippen molar-refractivity contribution in [3.8, 4) is 5.69 Å². The largest absolute Gasteiger partial charge is 0.481 e. The maximum atomic E-state index is 12.0. The second-order valence-corrected chi connectivity index (χ2v) is 6.06. The lowest BCUT2D eigenvalue weighted by Crippen LogP contribution is -2.37. The molecule has 0 aliphatic heterocycles. The van der Waals surface area contributed by atoms with Crippen molar-refractivity contribution >= 4 is 5.97 Å². The molecule has 0 bridgehead atoms. The monoisotopic (exact) mass is 300 g/mol. The average molecular weight is 300 g/mol.